The summed E-state index contributed by atoms with van der Waals surface area (Å²) in [4.78, 5) is 18.2. The van der Waals surface area contributed by atoms with Gasteiger partial charge in [-0.2, -0.15) is 0 Å². The van der Waals surface area contributed by atoms with Crippen LogP contribution in [0.1, 0.15) is 29.8 Å². The summed E-state index contributed by atoms with van der Waals surface area (Å²) in [5.74, 6) is -0.386. The Bertz CT molecular complexity index is 897. The van der Waals surface area contributed by atoms with E-state index in [2.05, 4.69) is 0 Å². The minimum Gasteiger partial charge on any atom is -0.493 e. The first-order valence-electron chi connectivity index (χ1n) is 7.64. The molecule has 0 aliphatic heterocycles. The molecule has 1 unspecified atom stereocenters. The molecular formula is C17H16N2O3S. The number of ether oxygens (including phenoxy) is 1. The number of hydrogen-bond donors (Lipinski definition) is 1. The summed E-state index contributed by atoms with van der Waals surface area (Å²) in [7, 11) is 0. The van der Waals surface area contributed by atoms with Gasteiger partial charge in [0.05, 0.1) is 23.9 Å². The molecule has 5 nitrogen and oxygen atoms in total. The highest BCUT2D eigenvalue weighted by atomic mass is 32.1. The molecule has 1 aromatic carbocycles. The standard InChI is InChI=1S/C17H16N2O3S/c1-2-22-13-6-4-3-5-10(13)12-9-19-15-11(16(20)21)7-8-14(15)23-17(19)18-12/h3-6,9,11H,2,7-8H2,1H3,(H,20,21). The third-order valence-corrected chi connectivity index (χ3v) is 5.31. The fourth-order valence-corrected chi connectivity index (χ4v) is 4.37. The highest BCUT2D eigenvalue weighted by molar-refractivity contribution is 7.17. The molecule has 3 aromatic rings. The SMILES string of the molecule is CCOc1ccccc1-c1cn2c3c(sc2n1)CCC3C(=O)O. The number of nitrogens with zero attached hydrogens (tertiary/aromatic N) is 2. The lowest BCUT2D eigenvalue weighted by atomic mass is 10.1. The Balaban J connectivity index is 1.84. The third-order valence-electron chi connectivity index (χ3n) is 4.18. The Labute approximate surface area is 137 Å². The van der Waals surface area contributed by atoms with Crippen LogP contribution in [-0.4, -0.2) is 27.1 Å². The van der Waals surface area contributed by atoms with Gasteiger partial charge in [0.15, 0.2) is 4.96 Å². The molecule has 23 heavy (non-hydrogen) atoms. The number of para-hydroxylation sites is 1. The maximum Gasteiger partial charge on any atom is 0.312 e. The fourth-order valence-electron chi connectivity index (χ4n) is 3.19. The summed E-state index contributed by atoms with van der Waals surface area (Å²) < 4.78 is 7.62. The van der Waals surface area contributed by atoms with E-state index in [4.69, 9.17) is 9.72 Å². The number of thiazole rings is 1. The Kier molecular flexibility index (Phi) is 3.34. The van der Waals surface area contributed by atoms with Gasteiger partial charge in [-0.05, 0) is 31.9 Å². The molecule has 2 heterocycles. The van der Waals surface area contributed by atoms with E-state index < -0.39 is 11.9 Å². The molecule has 1 aliphatic rings. The van der Waals surface area contributed by atoms with Crippen molar-refractivity contribution in [3.8, 4) is 17.0 Å². The zero-order chi connectivity index (χ0) is 16.0. The number of fused-ring (bicyclic) bond motifs is 3. The van der Waals surface area contributed by atoms with Gasteiger partial charge < -0.3 is 9.84 Å². The van der Waals surface area contributed by atoms with Crippen molar-refractivity contribution in [1.29, 1.82) is 0 Å². The Morgan fingerprint density at radius 3 is 3.09 bits per heavy atom. The second kappa shape index (κ2) is 5.38. The molecule has 1 atom stereocenters. The van der Waals surface area contributed by atoms with Crippen LogP contribution in [-0.2, 0) is 11.2 Å². The van der Waals surface area contributed by atoms with Crippen LogP contribution >= 0.6 is 11.3 Å². The summed E-state index contributed by atoms with van der Waals surface area (Å²) in [5, 5.41) is 9.43. The van der Waals surface area contributed by atoms with Gasteiger partial charge >= 0.3 is 5.97 Å². The molecule has 0 saturated heterocycles. The van der Waals surface area contributed by atoms with Gasteiger partial charge in [-0.3, -0.25) is 9.20 Å². The topological polar surface area (TPSA) is 63.8 Å². The molecular weight excluding hydrogens is 312 g/mol. The van der Waals surface area contributed by atoms with E-state index >= 15 is 0 Å². The minimum atomic E-state index is -0.756. The zero-order valence-electron chi connectivity index (χ0n) is 12.7. The average Bonchev–Trinajstić information content (AvgIpc) is 3.18. The number of benzene rings is 1. The average molecular weight is 328 g/mol. The van der Waals surface area contributed by atoms with E-state index in [1.807, 2.05) is 41.8 Å². The number of carboxylic acids is 1. The molecule has 2 aromatic heterocycles. The summed E-state index contributed by atoms with van der Waals surface area (Å²) in [6, 6.07) is 7.80. The van der Waals surface area contributed by atoms with Crippen molar-refractivity contribution >= 4 is 22.3 Å². The second-order valence-corrected chi connectivity index (χ2v) is 6.61. The molecule has 0 amide bonds. The van der Waals surface area contributed by atoms with Crippen molar-refractivity contribution in [3.05, 3.63) is 41.0 Å². The molecule has 118 valence electrons. The van der Waals surface area contributed by atoms with Crippen LogP contribution in [0.25, 0.3) is 16.2 Å². The van der Waals surface area contributed by atoms with E-state index in [1.165, 1.54) is 0 Å². The number of imidazole rings is 1. The third kappa shape index (κ3) is 2.21. The first kappa shape index (κ1) is 14.3. The molecule has 0 saturated carbocycles. The summed E-state index contributed by atoms with van der Waals surface area (Å²) in [5.41, 5.74) is 2.65. The van der Waals surface area contributed by atoms with E-state index in [0.29, 0.717) is 13.0 Å². The van der Waals surface area contributed by atoms with Gasteiger partial charge in [0, 0.05) is 16.6 Å². The number of rotatable bonds is 4. The van der Waals surface area contributed by atoms with Crippen molar-refractivity contribution in [2.45, 2.75) is 25.7 Å². The van der Waals surface area contributed by atoms with Gasteiger partial charge in [0.1, 0.15) is 5.75 Å². The molecule has 0 radical (unpaired) electrons. The smallest absolute Gasteiger partial charge is 0.312 e. The molecule has 0 spiro atoms. The summed E-state index contributed by atoms with van der Waals surface area (Å²) in [6.45, 7) is 2.54. The molecule has 0 bridgehead atoms. The Hall–Kier alpha value is -2.34. The quantitative estimate of drug-likeness (QED) is 0.795. The lowest BCUT2D eigenvalue weighted by Gasteiger charge is -2.07. The van der Waals surface area contributed by atoms with Crippen LogP contribution in [0.2, 0.25) is 0 Å². The van der Waals surface area contributed by atoms with Crippen LogP contribution in [0, 0.1) is 0 Å². The van der Waals surface area contributed by atoms with E-state index in [9.17, 15) is 9.90 Å². The van der Waals surface area contributed by atoms with Crippen LogP contribution < -0.4 is 4.74 Å². The highest BCUT2D eigenvalue weighted by Crippen LogP contribution is 2.40. The van der Waals surface area contributed by atoms with Crippen LogP contribution in [0.5, 0.6) is 5.75 Å². The minimum absolute atomic E-state index is 0.428. The fraction of sp³-hybridized carbons (Fsp3) is 0.294. The molecule has 0 fully saturated rings. The van der Waals surface area contributed by atoms with Gasteiger partial charge in [-0.1, -0.05) is 12.1 Å². The lowest BCUT2D eigenvalue weighted by Crippen LogP contribution is -2.09. The molecule has 4 rings (SSSR count). The predicted octanol–water partition coefficient (Wildman–Crippen LogP) is 3.58. The summed E-state index contributed by atoms with van der Waals surface area (Å²) >= 11 is 1.59. The normalized spacial score (nSPS) is 16.7. The second-order valence-electron chi connectivity index (χ2n) is 5.55. The highest BCUT2D eigenvalue weighted by Gasteiger charge is 2.33. The predicted molar refractivity (Wildman–Crippen MR) is 88.4 cm³/mol. The van der Waals surface area contributed by atoms with Crippen molar-refractivity contribution in [2.75, 3.05) is 6.61 Å². The van der Waals surface area contributed by atoms with Crippen molar-refractivity contribution in [1.82, 2.24) is 9.38 Å². The van der Waals surface area contributed by atoms with Crippen LogP contribution in [0.4, 0.5) is 0 Å². The van der Waals surface area contributed by atoms with Gasteiger partial charge in [-0.25, -0.2) is 4.98 Å². The molecule has 1 N–H and O–H groups in total. The zero-order valence-corrected chi connectivity index (χ0v) is 13.5. The summed E-state index contributed by atoms with van der Waals surface area (Å²) in [6.07, 6.45) is 3.43. The number of hydrogen-bond acceptors (Lipinski definition) is 4. The van der Waals surface area contributed by atoms with E-state index in [1.54, 1.807) is 11.3 Å². The first-order valence-corrected chi connectivity index (χ1v) is 8.46. The van der Waals surface area contributed by atoms with Crippen LogP contribution in [0.15, 0.2) is 30.5 Å². The molecule has 1 aliphatic carbocycles. The maximum atomic E-state index is 11.5. The number of carboxylic acid groups (broad SMARTS) is 1. The van der Waals surface area contributed by atoms with E-state index in [-0.39, 0.29) is 0 Å². The largest absolute Gasteiger partial charge is 0.493 e. The lowest BCUT2D eigenvalue weighted by molar-refractivity contribution is -0.138. The van der Waals surface area contributed by atoms with Gasteiger partial charge in [0.2, 0.25) is 0 Å². The Morgan fingerprint density at radius 1 is 1.48 bits per heavy atom. The van der Waals surface area contributed by atoms with Crippen LogP contribution in [0.3, 0.4) is 0 Å². The van der Waals surface area contributed by atoms with Gasteiger partial charge in [-0.15, -0.1) is 11.3 Å². The van der Waals surface area contributed by atoms with Gasteiger partial charge in [0.25, 0.3) is 0 Å². The first-order chi connectivity index (χ1) is 11.2. The Morgan fingerprint density at radius 2 is 2.30 bits per heavy atom. The molecule has 6 heteroatoms. The number of aromatic nitrogens is 2. The van der Waals surface area contributed by atoms with Crippen molar-refractivity contribution < 1.29 is 14.6 Å². The number of carbonyl (C=O) groups is 1. The van der Waals surface area contributed by atoms with E-state index in [0.717, 1.165) is 39.0 Å². The maximum absolute atomic E-state index is 11.5. The monoisotopic (exact) mass is 328 g/mol. The number of aryl methyl sites for hydroxylation is 1. The van der Waals surface area contributed by atoms with Crippen molar-refractivity contribution in [2.24, 2.45) is 0 Å². The van der Waals surface area contributed by atoms with Crippen molar-refractivity contribution in [3.63, 3.8) is 0 Å². The number of aliphatic carboxylic acids is 1.